The zero-order valence-corrected chi connectivity index (χ0v) is 34.7. The van der Waals surface area contributed by atoms with Crippen molar-refractivity contribution in [2.45, 2.75) is 114 Å². The number of aromatic amines is 1. The van der Waals surface area contributed by atoms with Gasteiger partial charge in [-0.2, -0.15) is 0 Å². The van der Waals surface area contributed by atoms with E-state index in [1.807, 2.05) is 49.9 Å². The van der Waals surface area contributed by atoms with E-state index >= 15 is 0 Å². The summed E-state index contributed by atoms with van der Waals surface area (Å²) >= 11 is 0. The number of fused-ring (bicyclic) bond motifs is 2. The average molecular weight is 802 g/mol. The lowest BCUT2D eigenvalue weighted by molar-refractivity contribution is -0.137. The van der Waals surface area contributed by atoms with Crippen LogP contribution in [0.5, 0.6) is 0 Å². The molecule has 3 aromatic rings. The molecular weight excluding hydrogens is 747 g/mol. The summed E-state index contributed by atoms with van der Waals surface area (Å²) in [4.78, 5) is 68.8. The standard InChI is InChI=1S/C46H55N7O6/c1-23(2)40(50-45(56)58-5)43(54)52-36-16-29(36)18-38(52)34-15-31(21-47-34)25-7-9-26(10-8-25)32-20-33(32)27-11-13-28(14-12-27)35-22-48-42(49-35)39-19-30-17-37(30)53(39)44(55)41(24(3)4)51-46(57)59-6/h7-14,21-24,29-30,32-33,36-41H,15-20H2,1-6H3,(H,48,49)(H,50,56)(H,51,57)/t29-,30-,32+,33-,36-,37-,38+,39+,40+,41+/m1/s1. The average Bonchev–Trinajstić information content (AvgIpc) is 4.16. The normalized spacial score (nSPS) is 28.3. The third kappa shape index (κ3) is 7.41. The molecule has 10 atom stereocenters. The number of methoxy groups -OCH3 is 2. The molecule has 3 N–H and O–H groups in total. The molecule has 2 aromatic carbocycles. The van der Waals surface area contributed by atoms with Gasteiger partial charge in [0, 0.05) is 30.4 Å². The number of piperidine rings is 2. The van der Waals surface area contributed by atoms with Gasteiger partial charge >= 0.3 is 12.2 Å². The second-order valence-corrected chi connectivity index (χ2v) is 18.2. The van der Waals surface area contributed by atoms with Crippen molar-refractivity contribution < 1.29 is 28.7 Å². The highest BCUT2D eigenvalue weighted by Crippen LogP contribution is 2.56. The number of nitrogens with one attached hydrogen (secondary N) is 3. The van der Waals surface area contributed by atoms with Gasteiger partial charge in [-0.25, -0.2) is 14.6 Å². The van der Waals surface area contributed by atoms with Crippen LogP contribution in [0.4, 0.5) is 9.59 Å². The van der Waals surface area contributed by atoms with E-state index in [0.717, 1.165) is 66.0 Å². The summed E-state index contributed by atoms with van der Waals surface area (Å²) in [7, 11) is 2.63. The molecule has 3 aliphatic heterocycles. The highest BCUT2D eigenvalue weighted by Gasteiger charge is 2.57. The smallest absolute Gasteiger partial charge is 0.407 e. The Kier molecular flexibility index (Phi) is 10.1. The number of rotatable bonds is 12. The van der Waals surface area contributed by atoms with Crippen LogP contribution in [0.1, 0.15) is 107 Å². The van der Waals surface area contributed by atoms with Gasteiger partial charge in [0.05, 0.1) is 38.2 Å². The number of benzene rings is 2. The maximum atomic E-state index is 13.8. The number of hydrogen-bond donors (Lipinski definition) is 3. The van der Waals surface area contributed by atoms with Crippen LogP contribution < -0.4 is 10.6 Å². The Morgan fingerprint density at radius 1 is 0.695 bits per heavy atom. The zero-order valence-electron chi connectivity index (χ0n) is 34.7. The Bertz CT molecular complexity index is 2190. The van der Waals surface area contributed by atoms with Gasteiger partial charge in [-0.05, 0) is 95.4 Å². The molecule has 4 amide bonds. The van der Waals surface area contributed by atoms with E-state index < -0.39 is 24.3 Å². The third-order valence-electron chi connectivity index (χ3n) is 13.7. The molecule has 1 aromatic heterocycles. The number of carbonyl (C=O) groups is 4. The van der Waals surface area contributed by atoms with Gasteiger partial charge in [-0.3, -0.25) is 14.6 Å². The highest BCUT2D eigenvalue weighted by molar-refractivity contribution is 6.04. The zero-order chi connectivity index (χ0) is 41.3. The van der Waals surface area contributed by atoms with Gasteiger partial charge in [0.25, 0.3) is 0 Å². The second kappa shape index (κ2) is 15.3. The molecule has 59 heavy (non-hydrogen) atoms. The number of amides is 4. The quantitative estimate of drug-likeness (QED) is 0.179. The molecule has 13 nitrogen and oxygen atoms in total. The largest absolute Gasteiger partial charge is 0.453 e. The molecule has 0 radical (unpaired) electrons. The lowest BCUT2D eigenvalue weighted by Gasteiger charge is -2.33. The predicted octanol–water partition coefficient (Wildman–Crippen LogP) is 6.95. The van der Waals surface area contributed by atoms with Gasteiger partial charge in [-0.1, -0.05) is 76.2 Å². The summed E-state index contributed by atoms with van der Waals surface area (Å²) in [6.45, 7) is 7.75. The van der Waals surface area contributed by atoms with E-state index in [0.29, 0.717) is 30.1 Å². The predicted molar refractivity (Wildman–Crippen MR) is 222 cm³/mol. The number of hydrogen-bond acceptors (Lipinski definition) is 8. The van der Waals surface area contributed by atoms with Gasteiger partial charge in [0.1, 0.15) is 17.9 Å². The minimum Gasteiger partial charge on any atom is -0.453 e. The SMILES string of the molecule is COC(=O)N[C@H](C(=O)N1[C@@H]2C[C@@H]2C[C@H]1C1=NC=C(c2ccc([C@@H]3C[C@@H]3c3ccc(-c4cnc([C@@H]5C[C@H]6C[C@H]6N5C(=O)[C@@H](NC(=O)OC)C(C)C)[nH]4)cc3)cc2)C1)C(C)C. The van der Waals surface area contributed by atoms with Crippen LogP contribution in [-0.2, 0) is 19.1 Å². The van der Waals surface area contributed by atoms with Crippen LogP contribution in [0.15, 0.2) is 65.9 Å². The Morgan fingerprint density at radius 3 is 1.73 bits per heavy atom. The summed E-state index contributed by atoms with van der Waals surface area (Å²) in [5, 5.41) is 5.51. The summed E-state index contributed by atoms with van der Waals surface area (Å²) in [6, 6.07) is 16.6. The number of nitrogens with zero attached hydrogens (tertiary/aromatic N) is 4. The molecule has 9 rings (SSSR count). The molecule has 5 fully saturated rings. The number of likely N-dealkylation sites (tertiary alicyclic amines) is 2. The first-order valence-electron chi connectivity index (χ1n) is 21.3. The van der Waals surface area contributed by atoms with Crippen molar-refractivity contribution in [1.82, 2.24) is 30.4 Å². The maximum Gasteiger partial charge on any atom is 0.407 e. The van der Waals surface area contributed by atoms with Crippen LogP contribution >= 0.6 is 0 Å². The Morgan fingerprint density at radius 2 is 1.20 bits per heavy atom. The Hall–Kier alpha value is -5.46. The number of ether oxygens (including phenoxy) is 2. The second-order valence-electron chi connectivity index (χ2n) is 18.2. The van der Waals surface area contributed by atoms with Crippen LogP contribution in [-0.4, -0.2) is 93.9 Å². The van der Waals surface area contributed by atoms with Crippen LogP contribution in [0.3, 0.4) is 0 Å². The van der Waals surface area contributed by atoms with E-state index in [9.17, 15) is 19.2 Å². The van der Waals surface area contributed by atoms with Crippen molar-refractivity contribution in [3.63, 3.8) is 0 Å². The molecule has 13 heteroatoms. The molecule has 0 bridgehead atoms. The van der Waals surface area contributed by atoms with Crippen molar-refractivity contribution in [3.05, 3.63) is 83.4 Å². The summed E-state index contributed by atoms with van der Waals surface area (Å²) in [6.07, 6.45) is 8.25. The number of alkyl carbamates (subject to hydrolysis) is 2. The lowest BCUT2D eigenvalue weighted by atomic mass is 9.95. The first-order chi connectivity index (χ1) is 28.4. The van der Waals surface area contributed by atoms with Crippen molar-refractivity contribution in [3.8, 4) is 11.3 Å². The van der Waals surface area contributed by atoms with E-state index in [4.69, 9.17) is 19.5 Å². The monoisotopic (exact) mass is 801 g/mol. The molecule has 0 unspecified atom stereocenters. The maximum absolute atomic E-state index is 13.8. The molecule has 0 spiro atoms. The van der Waals surface area contributed by atoms with Crippen molar-refractivity contribution in [2.24, 2.45) is 28.7 Å². The lowest BCUT2D eigenvalue weighted by Crippen LogP contribution is -2.54. The van der Waals surface area contributed by atoms with E-state index in [1.165, 1.54) is 25.3 Å². The van der Waals surface area contributed by atoms with E-state index in [1.54, 1.807) is 0 Å². The fraction of sp³-hybridized carbons (Fsp3) is 0.522. The van der Waals surface area contributed by atoms with Gasteiger partial charge < -0.3 is 34.9 Å². The topological polar surface area (TPSA) is 158 Å². The Balaban J connectivity index is 0.804. The molecule has 6 aliphatic rings. The van der Waals surface area contributed by atoms with Crippen molar-refractivity contribution in [2.75, 3.05) is 14.2 Å². The minimum absolute atomic E-state index is 0.0464. The third-order valence-corrected chi connectivity index (χ3v) is 13.7. The van der Waals surface area contributed by atoms with Crippen LogP contribution in [0, 0.1) is 23.7 Å². The fourth-order valence-electron chi connectivity index (χ4n) is 10.1. The first-order valence-corrected chi connectivity index (χ1v) is 21.3. The first kappa shape index (κ1) is 39.0. The molecule has 310 valence electrons. The summed E-state index contributed by atoms with van der Waals surface area (Å²) in [5.41, 5.74) is 7.97. The minimum atomic E-state index is -0.662. The fourth-order valence-corrected chi connectivity index (χ4v) is 10.1. The molecule has 4 heterocycles. The number of carbonyl (C=O) groups excluding carboxylic acids is 4. The summed E-state index contributed by atoms with van der Waals surface area (Å²) in [5.74, 6) is 2.40. The summed E-state index contributed by atoms with van der Waals surface area (Å²) < 4.78 is 9.62. The van der Waals surface area contributed by atoms with Gasteiger partial charge in [-0.15, -0.1) is 0 Å². The number of aromatic nitrogens is 2. The van der Waals surface area contributed by atoms with Crippen molar-refractivity contribution in [1.29, 1.82) is 0 Å². The number of allylic oxidation sites excluding steroid dienone is 1. The van der Waals surface area contributed by atoms with E-state index in [2.05, 4.69) is 64.1 Å². The molecule has 3 aliphatic carbocycles. The van der Waals surface area contributed by atoms with Crippen LogP contribution in [0.2, 0.25) is 0 Å². The van der Waals surface area contributed by atoms with E-state index in [-0.39, 0.29) is 47.8 Å². The van der Waals surface area contributed by atoms with Crippen LogP contribution in [0.25, 0.3) is 16.8 Å². The van der Waals surface area contributed by atoms with Crippen molar-refractivity contribution >= 4 is 35.3 Å². The molecule has 3 saturated carbocycles. The molecular formula is C46H55N7O6. The van der Waals surface area contributed by atoms with Gasteiger partial charge in [0.15, 0.2) is 0 Å². The van der Waals surface area contributed by atoms with Gasteiger partial charge in [0.2, 0.25) is 11.8 Å². The number of imidazole rings is 1. The Labute approximate surface area is 345 Å². The molecule has 2 saturated heterocycles. The highest BCUT2D eigenvalue weighted by atomic mass is 16.5. The number of aliphatic imine (C=N–C) groups is 1. The number of H-pyrrole nitrogens is 1.